The van der Waals surface area contributed by atoms with Crippen molar-refractivity contribution in [3.8, 4) is 5.75 Å². The molecule has 2 rings (SSSR count). The highest BCUT2D eigenvalue weighted by molar-refractivity contribution is 14.0. The van der Waals surface area contributed by atoms with Crippen molar-refractivity contribution in [2.45, 2.75) is 6.10 Å². The van der Waals surface area contributed by atoms with Crippen molar-refractivity contribution in [3.63, 3.8) is 0 Å². The van der Waals surface area contributed by atoms with E-state index in [1.54, 1.807) is 18.2 Å². The van der Waals surface area contributed by atoms with Crippen LogP contribution in [0.4, 0.5) is 5.69 Å². The Morgan fingerprint density at radius 2 is 1.88 bits per heavy atom. The second kappa shape index (κ2) is 10.6. The molecule has 4 N–H and O–H groups in total. The number of para-hydroxylation sites is 1. The van der Waals surface area contributed by atoms with Crippen molar-refractivity contribution in [1.29, 1.82) is 0 Å². The highest BCUT2D eigenvalue weighted by Crippen LogP contribution is 2.31. The topological polar surface area (TPSA) is 79.9 Å². The van der Waals surface area contributed by atoms with Gasteiger partial charge < -0.3 is 20.9 Å². The zero-order valence-corrected chi connectivity index (χ0v) is 16.5. The summed E-state index contributed by atoms with van der Waals surface area (Å²) in [5.74, 6) is 0.633. The molecule has 1 atom stereocenters. The first-order chi connectivity index (χ1) is 11.1. The van der Waals surface area contributed by atoms with Crippen molar-refractivity contribution < 1.29 is 9.84 Å². The summed E-state index contributed by atoms with van der Waals surface area (Å²) in [5.41, 5.74) is 6.58. The average molecular weight is 482 g/mol. The van der Waals surface area contributed by atoms with Crippen LogP contribution in [0.2, 0.25) is 10.0 Å². The van der Waals surface area contributed by atoms with Gasteiger partial charge in [-0.05, 0) is 24.3 Å². The molecule has 24 heavy (non-hydrogen) atoms. The van der Waals surface area contributed by atoms with E-state index in [0.29, 0.717) is 15.8 Å². The van der Waals surface area contributed by atoms with Gasteiger partial charge in [0.2, 0.25) is 0 Å². The molecule has 0 saturated carbocycles. The van der Waals surface area contributed by atoms with E-state index in [9.17, 15) is 5.11 Å². The Hall–Kier alpha value is -1.22. The van der Waals surface area contributed by atoms with Gasteiger partial charge in [-0.25, -0.2) is 0 Å². The Balaban J connectivity index is 0.00000288. The van der Waals surface area contributed by atoms with Crippen LogP contribution in [0.25, 0.3) is 0 Å². The lowest BCUT2D eigenvalue weighted by Crippen LogP contribution is -2.27. The highest BCUT2D eigenvalue weighted by Gasteiger charge is 2.09. The Morgan fingerprint density at radius 1 is 1.17 bits per heavy atom. The molecular formula is C16H18Cl2IN3O2. The molecule has 0 amide bonds. The molecule has 0 heterocycles. The average Bonchev–Trinajstić information content (AvgIpc) is 2.55. The Morgan fingerprint density at radius 3 is 2.58 bits per heavy atom. The van der Waals surface area contributed by atoms with E-state index in [2.05, 4.69) is 10.3 Å². The first kappa shape index (κ1) is 20.8. The van der Waals surface area contributed by atoms with Crippen LogP contribution >= 0.6 is 47.2 Å². The van der Waals surface area contributed by atoms with E-state index in [1.807, 2.05) is 30.3 Å². The lowest BCUT2D eigenvalue weighted by molar-refractivity contribution is 0.114. The predicted octanol–water partition coefficient (Wildman–Crippen LogP) is 3.78. The fourth-order valence-corrected chi connectivity index (χ4v) is 2.09. The molecule has 0 saturated heterocycles. The summed E-state index contributed by atoms with van der Waals surface area (Å²) >= 11 is 11.9. The molecular weight excluding hydrogens is 464 g/mol. The molecule has 1 unspecified atom stereocenters. The maximum Gasteiger partial charge on any atom is 0.193 e. The van der Waals surface area contributed by atoms with Gasteiger partial charge in [-0.15, -0.1) is 24.0 Å². The zero-order chi connectivity index (χ0) is 16.7. The van der Waals surface area contributed by atoms with E-state index >= 15 is 0 Å². The van der Waals surface area contributed by atoms with Crippen LogP contribution in [-0.2, 0) is 0 Å². The molecule has 5 nitrogen and oxygen atoms in total. The van der Waals surface area contributed by atoms with Gasteiger partial charge in [-0.3, -0.25) is 4.99 Å². The molecule has 130 valence electrons. The Kier molecular flexibility index (Phi) is 9.20. The number of ether oxygens (including phenoxy) is 1. The van der Waals surface area contributed by atoms with Crippen molar-refractivity contribution in [1.82, 2.24) is 0 Å². The number of rotatable bonds is 6. The van der Waals surface area contributed by atoms with Crippen LogP contribution in [-0.4, -0.2) is 30.3 Å². The first-order valence-corrected chi connectivity index (χ1v) is 7.68. The SMILES string of the molecule is I.NC(=NCC(O)COc1cccc(Cl)c1Cl)Nc1ccccc1. The Labute approximate surface area is 167 Å². The van der Waals surface area contributed by atoms with Gasteiger partial charge in [0.25, 0.3) is 0 Å². The van der Waals surface area contributed by atoms with Crippen LogP contribution < -0.4 is 15.8 Å². The summed E-state index contributed by atoms with van der Waals surface area (Å²) in [6.07, 6.45) is -0.818. The second-order valence-electron chi connectivity index (χ2n) is 4.73. The zero-order valence-electron chi connectivity index (χ0n) is 12.7. The second-order valence-corrected chi connectivity index (χ2v) is 5.52. The van der Waals surface area contributed by atoms with E-state index in [4.69, 9.17) is 33.7 Å². The number of aliphatic hydroxyl groups is 1. The van der Waals surface area contributed by atoms with Crippen LogP contribution in [0.1, 0.15) is 0 Å². The smallest absolute Gasteiger partial charge is 0.193 e. The summed E-state index contributed by atoms with van der Waals surface area (Å²) in [7, 11) is 0. The largest absolute Gasteiger partial charge is 0.489 e. The summed E-state index contributed by atoms with van der Waals surface area (Å²) < 4.78 is 5.43. The van der Waals surface area contributed by atoms with Crippen molar-refractivity contribution in [2.75, 3.05) is 18.5 Å². The summed E-state index contributed by atoms with van der Waals surface area (Å²) in [5, 5.41) is 13.5. The molecule has 0 aromatic heterocycles. The molecule has 0 aliphatic heterocycles. The number of guanidine groups is 1. The Bertz CT molecular complexity index is 672. The predicted molar refractivity (Wildman–Crippen MR) is 110 cm³/mol. The molecule has 0 aliphatic rings. The third-order valence-corrected chi connectivity index (χ3v) is 3.67. The number of nitrogens with one attached hydrogen (secondary N) is 1. The maximum atomic E-state index is 9.89. The highest BCUT2D eigenvalue weighted by atomic mass is 127. The molecule has 2 aromatic carbocycles. The number of aliphatic hydroxyl groups excluding tert-OH is 1. The number of anilines is 1. The number of hydrogen-bond donors (Lipinski definition) is 3. The van der Waals surface area contributed by atoms with Gasteiger partial charge in [0.05, 0.1) is 11.6 Å². The van der Waals surface area contributed by atoms with Crippen LogP contribution in [0.5, 0.6) is 5.75 Å². The summed E-state index contributed by atoms with van der Waals surface area (Å²) in [6.45, 7) is 0.131. The number of hydrogen-bond acceptors (Lipinski definition) is 3. The van der Waals surface area contributed by atoms with E-state index < -0.39 is 6.10 Å². The van der Waals surface area contributed by atoms with Gasteiger partial charge >= 0.3 is 0 Å². The lowest BCUT2D eigenvalue weighted by atomic mass is 10.3. The van der Waals surface area contributed by atoms with Gasteiger partial charge in [-0.2, -0.15) is 0 Å². The van der Waals surface area contributed by atoms with Crippen LogP contribution in [0.3, 0.4) is 0 Å². The third-order valence-electron chi connectivity index (χ3n) is 2.87. The minimum atomic E-state index is -0.818. The fourth-order valence-electron chi connectivity index (χ4n) is 1.75. The minimum absolute atomic E-state index is 0. The number of benzene rings is 2. The summed E-state index contributed by atoms with van der Waals surface area (Å²) in [4.78, 5) is 4.07. The molecule has 2 aromatic rings. The van der Waals surface area contributed by atoms with Gasteiger partial charge in [0.15, 0.2) is 5.96 Å². The lowest BCUT2D eigenvalue weighted by Gasteiger charge is -2.12. The van der Waals surface area contributed by atoms with E-state index in [-0.39, 0.29) is 43.1 Å². The number of halogens is 3. The molecule has 0 radical (unpaired) electrons. The van der Waals surface area contributed by atoms with Crippen molar-refractivity contribution in [2.24, 2.45) is 10.7 Å². The monoisotopic (exact) mass is 481 g/mol. The summed E-state index contributed by atoms with van der Waals surface area (Å²) in [6, 6.07) is 14.4. The third kappa shape index (κ3) is 6.72. The van der Waals surface area contributed by atoms with Gasteiger partial charge in [0.1, 0.15) is 23.5 Å². The van der Waals surface area contributed by atoms with Crippen LogP contribution in [0.15, 0.2) is 53.5 Å². The molecule has 0 spiro atoms. The standard InChI is InChI=1S/C16H17Cl2N3O2.HI/c17-13-7-4-8-14(15(13)18)23-10-12(22)9-20-16(19)21-11-5-2-1-3-6-11;/h1-8,12,22H,9-10H2,(H3,19,20,21);1H. The number of nitrogens with zero attached hydrogens (tertiary/aromatic N) is 1. The molecule has 0 bridgehead atoms. The molecule has 0 aliphatic carbocycles. The first-order valence-electron chi connectivity index (χ1n) is 6.93. The van der Waals surface area contributed by atoms with E-state index in [1.165, 1.54) is 0 Å². The van der Waals surface area contributed by atoms with Gasteiger partial charge in [0, 0.05) is 5.69 Å². The van der Waals surface area contributed by atoms with E-state index in [0.717, 1.165) is 5.69 Å². The van der Waals surface area contributed by atoms with Crippen molar-refractivity contribution in [3.05, 3.63) is 58.6 Å². The quantitative estimate of drug-likeness (QED) is 0.333. The van der Waals surface area contributed by atoms with Gasteiger partial charge in [-0.1, -0.05) is 47.5 Å². The minimum Gasteiger partial charge on any atom is -0.489 e. The van der Waals surface area contributed by atoms with Crippen molar-refractivity contribution >= 4 is 58.8 Å². The number of aliphatic imine (C=N–C) groups is 1. The maximum absolute atomic E-state index is 9.89. The number of nitrogens with two attached hydrogens (primary N) is 1. The molecule has 0 fully saturated rings. The van der Waals surface area contributed by atoms with Crippen LogP contribution in [0, 0.1) is 0 Å². The normalized spacial score (nSPS) is 12.2. The fraction of sp³-hybridized carbons (Fsp3) is 0.188. The molecule has 8 heteroatoms.